The number of β-lactam (4-membered cyclic amide) rings is 1. The largest absolute Gasteiger partial charge is 0.477 e. The fourth-order valence-electron chi connectivity index (χ4n) is 4.03. The van der Waals surface area contributed by atoms with Crippen LogP contribution in [0.4, 0.5) is 0 Å². The van der Waals surface area contributed by atoms with Crippen molar-refractivity contribution in [1.82, 2.24) is 14.8 Å². The first-order valence-electron chi connectivity index (χ1n) is 7.67. The molecule has 3 atom stereocenters. The molecule has 0 bridgehead atoms. The Labute approximate surface area is 133 Å². The lowest BCUT2D eigenvalue weighted by atomic mass is 9.79. The maximum atomic E-state index is 12.3. The summed E-state index contributed by atoms with van der Waals surface area (Å²) in [6.07, 6.45) is 5.97. The average Bonchev–Trinajstić information content (AvgIpc) is 2.85. The predicted octanol–water partition coefficient (Wildman–Crippen LogP) is 0.978. The predicted molar refractivity (Wildman–Crippen MR) is 83.1 cm³/mol. The monoisotopic (exact) mass is 311 g/mol. The molecule has 3 aliphatic heterocycles. The quantitative estimate of drug-likeness (QED) is 0.842. The van der Waals surface area contributed by atoms with E-state index in [4.69, 9.17) is 0 Å². The van der Waals surface area contributed by atoms with E-state index in [1.807, 2.05) is 30.1 Å². The van der Waals surface area contributed by atoms with Crippen LogP contribution in [0.15, 0.2) is 41.7 Å². The summed E-state index contributed by atoms with van der Waals surface area (Å²) in [7, 11) is 1.93. The van der Waals surface area contributed by atoms with Crippen molar-refractivity contribution in [3.05, 3.63) is 47.4 Å². The van der Waals surface area contributed by atoms with Crippen molar-refractivity contribution in [2.45, 2.75) is 18.5 Å². The third-order valence-corrected chi connectivity index (χ3v) is 4.97. The fraction of sp³-hybridized carbons (Fsp3) is 0.353. The average molecular weight is 311 g/mol. The Morgan fingerprint density at radius 3 is 2.91 bits per heavy atom. The molecule has 2 fully saturated rings. The SMILES string of the molecule is CN1C[C@H]2CC(/C=C/c3ccccn3)=C(C(=O)O)N3C(=O)C1C23. The molecule has 3 aliphatic rings. The maximum absolute atomic E-state index is 12.3. The first-order valence-corrected chi connectivity index (χ1v) is 7.67. The number of likely N-dealkylation sites (tertiary alicyclic amines) is 1. The number of hydrogen-bond donors (Lipinski definition) is 1. The molecule has 6 nitrogen and oxygen atoms in total. The number of pyridine rings is 1. The molecule has 0 aromatic carbocycles. The molecule has 0 spiro atoms. The van der Waals surface area contributed by atoms with Gasteiger partial charge in [0.15, 0.2) is 0 Å². The van der Waals surface area contributed by atoms with Crippen LogP contribution in [0.3, 0.4) is 0 Å². The molecule has 23 heavy (non-hydrogen) atoms. The van der Waals surface area contributed by atoms with E-state index >= 15 is 0 Å². The minimum atomic E-state index is -1.04. The first kappa shape index (κ1) is 14.1. The van der Waals surface area contributed by atoms with Crippen LogP contribution in [0, 0.1) is 5.92 Å². The van der Waals surface area contributed by atoms with E-state index < -0.39 is 5.97 Å². The van der Waals surface area contributed by atoms with Gasteiger partial charge in [-0.25, -0.2) is 4.79 Å². The highest BCUT2D eigenvalue weighted by molar-refractivity contribution is 6.01. The summed E-state index contributed by atoms with van der Waals surface area (Å²) in [6.45, 7) is 0.825. The Hall–Kier alpha value is -2.47. The molecule has 1 aromatic rings. The van der Waals surface area contributed by atoms with Crippen LogP contribution in [-0.2, 0) is 9.59 Å². The number of allylic oxidation sites excluding steroid dienone is 2. The van der Waals surface area contributed by atoms with Crippen LogP contribution in [0.2, 0.25) is 0 Å². The highest BCUT2D eigenvalue weighted by atomic mass is 16.4. The Bertz CT molecular complexity index is 741. The van der Waals surface area contributed by atoms with Crippen molar-refractivity contribution in [2.24, 2.45) is 5.92 Å². The van der Waals surface area contributed by atoms with Crippen molar-refractivity contribution in [3.8, 4) is 0 Å². The van der Waals surface area contributed by atoms with Gasteiger partial charge in [0.1, 0.15) is 11.7 Å². The lowest BCUT2D eigenvalue weighted by molar-refractivity contribution is -0.156. The number of hydrogen-bond acceptors (Lipinski definition) is 4. The second kappa shape index (κ2) is 5.03. The highest BCUT2D eigenvalue weighted by Gasteiger charge is 2.61. The van der Waals surface area contributed by atoms with Crippen LogP contribution >= 0.6 is 0 Å². The zero-order valence-electron chi connectivity index (χ0n) is 12.7. The normalized spacial score (nSPS) is 29.9. The Balaban J connectivity index is 1.72. The summed E-state index contributed by atoms with van der Waals surface area (Å²) in [5.74, 6) is -0.833. The summed E-state index contributed by atoms with van der Waals surface area (Å²) in [6, 6.07) is 5.45. The van der Waals surface area contributed by atoms with Gasteiger partial charge in [-0.05, 0) is 43.2 Å². The lowest BCUT2D eigenvalue weighted by Crippen LogP contribution is -2.68. The molecule has 1 aromatic heterocycles. The van der Waals surface area contributed by atoms with E-state index in [1.165, 1.54) is 4.90 Å². The smallest absolute Gasteiger partial charge is 0.352 e. The minimum Gasteiger partial charge on any atom is -0.477 e. The number of likely N-dealkylation sites (N-methyl/N-ethyl adjacent to an activating group) is 1. The molecule has 0 radical (unpaired) electrons. The number of carbonyl (C=O) groups excluding carboxylic acids is 1. The van der Waals surface area contributed by atoms with E-state index in [0.29, 0.717) is 17.9 Å². The molecular weight excluding hydrogens is 294 g/mol. The third-order valence-electron chi connectivity index (χ3n) is 4.97. The van der Waals surface area contributed by atoms with E-state index in [-0.39, 0.29) is 23.7 Å². The van der Waals surface area contributed by atoms with E-state index in [1.54, 1.807) is 18.3 Å². The molecule has 2 unspecified atom stereocenters. The van der Waals surface area contributed by atoms with Gasteiger partial charge in [0.05, 0.1) is 11.7 Å². The Morgan fingerprint density at radius 2 is 2.22 bits per heavy atom. The first-order chi connectivity index (χ1) is 11.1. The van der Waals surface area contributed by atoms with E-state index in [2.05, 4.69) is 4.98 Å². The molecule has 1 N–H and O–H groups in total. The van der Waals surface area contributed by atoms with Crippen LogP contribution in [-0.4, -0.2) is 57.4 Å². The summed E-state index contributed by atoms with van der Waals surface area (Å²) in [5.41, 5.74) is 1.60. The Morgan fingerprint density at radius 1 is 1.39 bits per heavy atom. The second-order valence-electron chi connectivity index (χ2n) is 6.31. The molecule has 118 valence electrons. The summed E-state index contributed by atoms with van der Waals surface area (Å²) in [4.78, 5) is 31.8. The lowest BCUT2D eigenvalue weighted by Gasteiger charge is -2.49. The van der Waals surface area contributed by atoms with Crippen molar-refractivity contribution in [1.29, 1.82) is 0 Å². The van der Waals surface area contributed by atoms with Crippen molar-refractivity contribution in [2.75, 3.05) is 13.6 Å². The molecule has 4 rings (SSSR count). The maximum Gasteiger partial charge on any atom is 0.352 e. The molecule has 1 amide bonds. The molecule has 0 aliphatic carbocycles. The number of aromatic nitrogens is 1. The van der Waals surface area contributed by atoms with Gasteiger partial charge in [-0.15, -0.1) is 0 Å². The summed E-state index contributed by atoms with van der Waals surface area (Å²) >= 11 is 0. The number of carbonyl (C=O) groups is 2. The zero-order chi connectivity index (χ0) is 16.1. The van der Waals surface area contributed by atoms with Gasteiger partial charge in [0.25, 0.3) is 0 Å². The van der Waals surface area contributed by atoms with Crippen LogP contribution in [0.1, 0.15) is 12.1 Å². The standard InChI is InChI=1S/C17H17N3O3/c1-19-9-11-8-10(5-6-12-4-2-3-7-18-12)14(17(22)23)20-13(11)15(19)16(20)21/h2-7,11,13,15H,8-9H2,1H3,(H,22,23)/b6-5+/t11-,13?,15?/m1/s1. The van der Waals surface area contributed by atoms with Crippen molar-refractivity contribution in [3.63, 3.8) is 0 Å². The van der Waals surface area contributed by atoms with Gasteiger partial charge < -0.3 is 5.11 Å². The number of nitrogens with zero attached hydrogens (tertiary/aromatic N) is 3. The van der Waals surface area contributed by atoms with Gasteiger partial charge in [-0.1, -0.05) is 12.1 Å². The van der Waals surface area contributed by atoms with Gasteiger partial charge in [0, 0.05) is 12.7 Å². The van der Waals surface area contributed by atoms with Crippen molar-refractivity contribution >= 4 is 18.0 Å². The number of carboxylic acid groups (broad SMARTS) is 1. The highest BCUT2D eigenvalue weighted by Crippen LogP contribution is 2.46. The number of amides is 1. The van der Waals surface area contributed by atoms with Gasteiger partial charge in [-0.3, -0.25) is 19.6 Å². The van der Waals surface area contributed by atoms with Gasteiger partial charge in [-0.2, -0.15) is 0 Å². The van der Waals surface area contributed by atoms with Crippen molar-refractivity contribution < 1.29 is 14.7 Å². The molecule has 0 saturated carbocycles. The summed E-state index contributed by atoms with van der Waals surface area (Å²) < 4.78 is 0. The molecule has 2 saturated heterocycles. The van der Waals surface area contributed by atoms with E-state index in [0.717, 1.165) is 12.2 Å². The Kier molecular flexibility index (Phi) is 3.09. The van der Waals surface area contributed by atoms with E-state index in [9.17, 15) is 14.7 Å². The topological polar surface area (TPSA) is 73.7 Å². The minimum absolute atomic E-state index is 0.0191. The van der Waals surface area contributed by atoms with Crippen LogP contribution < -0.4 is 0 Å². The second-order valence-corrected chi connectivity index (χ2v) is 6.31. The van der Waals surface area contributed by atoms with Gasteiger partial charge in [0.2, 0.25) is 5.91 Å². The van der Waals surface area contributed by atoms with Crippen LogP contribution in [0.25, 0.3) is 6.08 Å². The number of aliphatic carboxylic acids is 1. The molecule has 4 heterocycles. The summed E-state index contributed by atoms with van der Waals surface area (Å²) in [5, 5.41) is 9.59. The molecule has 6 heteroatoms. The third kappa shape index (κ3) is 2.02. The number of carboxylic acids is 1. The number of rotatable bonds is 3. The van der Waals surface area contributed by atoms with Crippen LogP contribution in [0.5, 0.6) is 0 Å². The zero-order valence-corrected chi connectivity index (χ0v) is 12.7. The van der Waals surface area contributed by atoms with Gasteiger partial charge >= 0.3 is 5.97 Å². The fourth-order valence-corrected chi connectivity index (χ4v) is 4.03. The molecular formula is C17H17N3O3.